The quantitative estimate of drug-likeness (QED) is 0.0320. The van der Waals surface area contributed by atoms with E-state index >= 15 is 0 Å². The summed E-state index contributed by atoms with van der Waals surface area (Å²) in [5.41, 5.74) is 0. The van der Waals surface area contributed by atoms with Gasteiger partial charge in [-0.25, -0.2) is 0 Å². The number of unbranched alkanes of at least 4 members (excludes halogenated alkanes) is 53. The molecule has 3 N–H and O–H groups in total. The first-order chi connectivity index (χ1) is 38.0. The average Bonchev–Trinajstić information content (AvgIpc) is 3.43. The van der Waals surface area contributed by atoms with Crippen molar-refractivity contribution in [3.05, 3.63) is 24.3 Å². The van der Waals surface area contributed by atoms with Crippen LogP contribution in [-0.4, -0.2) is 47.4 Å². The van der Waals surface area contributed by atoms with Gasteiger partial charge in [-0.2, -0.15) is 0 Å². The maximum atomic E-state index is 12.5. The van der Waals surface area contributed by atoms with Gasteiger partial charge in [-0.1, -0.05) is 346 Å². The molecule has 0 aliphatic heterocycles. The predicted molar refractivity (Wildman–Crippen MR) is 338 cm³/mol. The van der Waals surface area contributed by atoms with Crippen molar-refractivity contribution in [2.24, 2.45) is 0 Å². The van der Waals surface area contributed by atoms with Crippen LogP contribution in [0, 0.1) is 0 Å². The van der Waals surface area contributed by atoms with E-state index in [2.05, 4.69) is 31.3 Å². The lowest BCUT2D eigenvalue weighted by Gasteiger charge is -2.20. The minimum Gasteiger partial charge on any atom is -0.466 e. The summed E-state index contributed by atoms with van der Waals surface area (Å²) in [7, 11) is 0. The number of hydrogen-bond acceptors (Lipinski definition) is 5. The van der Waals surface area contributed by atoms with Crippen molar-refractivity contribution in [1.29, 1.82) is 0 Å². The number of nitrogens with one attached hydrogen (secondary N) is 1. The number of allylic oxidation sites excluding steroid dienone is 3. The summed E-state index contributed by atoms with van der Waals surface area (Å²) >= 11 is 0. The van der Waals surface area contributed by atoms with Crippen LogP contribution < -0.4 is 5.32 Å². The van der Waals surface area contributed by atoms with E-state index in [4.69, 9.17) is 4.74 Å². The highest BCUT2D eigenvalue weighted by Crippen LogP contribution is 2.19. The fourth-order valence-corrected chi connectivity index (χ4v) is 11.1. The lowest BCUT2D eigenvalue weighted by molar-refractivity contribution is -0.143. The SMILES string of the molecule is CCCCCCCC/C=C\CCCCCCCC(=O)OCCCCCCCCCCCCCCCCCCCCCCCCCCCCCCCCCCC(=O)NC(CO)C(O)/C=C/CCCCCCCCCCCCC. The number of carbonyl (C=O) groups excluding carboxylic acids is 2. The van der Waals surface area contributed by atoms with Crippen molar-refractivity contribution in [3.8, 4) is 0 Å². The second-order valence-electron chi connectivity index (χ2n) is 24.2. The zero-order valence-electron chi connectivity index (χ0n) is 52.2. The Morgan fingerprint density at radius 1 is 0.351 bits per heavy atom. The molecule has 0 saturated heterocycles. The molecule has 0 aromatic carbocycles. The fourth-order valence-electron chi connectivity index (χ4n) is 11.1. The van der Waals surface area contributed by atoms with E-state index in [0.717, 1.165) is 44.9 Å². The molecular weight excluding hydrogens is 947 g/mol. The van der Waals surface area contributed by atoms with Crippen LogP contribution in [0.5, 0.6) is 0 Å². The summed E-state index contributed by atoms with van der Waals surface area (Å²) in [5, 5.41) is 23.1. The van der Waals surface area contributed by atoms with Gasteiger partial charge in [0.15, 0.2) is 0 Å². The highest BCUT2D eigenvalue weighted by molar-refractivity contribution is 5.76. The molecule has 0 saturated carbocycles. The molecular formula is C71H137NO5. The normalized spacial score (nSPS) is 12.6. The van der Waals surface area contributed by atoms with Crippen molar-refractivity contribution in [3.63, 3.8) is 0 Å². The summed E-state index contributed by atoms with van der Waals surface area (Å²) in [4.78, 5) is 24.5. The summed E-state index contributed by atoms with van der Waals surface area (Å²) in [6.07, 6.45) is 84.1. The first-order valence-electron chi connectivity index (χ1n) is 35.1. The number of hydrogen-bond donors (Lipinski definition) is 3. The number of aliphatic hydroxyl groups excluding tert-OH is 2. The molecule has 0 aliphatic rings. The topological polar surface area (TPSA) is 95.9 Å². The van der Waals surface area contributed by atoms with E-state index in [9.17, 15) is 19.8 Å². The van der Waals surface area contributed by atoms with Crippen LogP contribution in [0.4, 0.5) is 0 Å². The number of carbonyl (C=O) groups is 2. The highest BCUT2D eigenvalue weighted by Gasteiger charge is 2.18. The molecule has 1 amide bonds. The van der Waals surface area contributed by atoms with Gasteiger partial charge in [-0.15, -0.1) is 0 Å². The Morgan fingerprint density at radius 3 is 0.922 bits per heavy atom. The van der Waals surface area contributed by atoms with Crippen molar-refractivity contribution in [2.45, 2.75) is 405 Å². The smallest absolute Gasteiger partial charge is 0.305 e. The predicted octanol–water partition coefficient (Wildman–Crippen LogP) is 22.5. The van der Waals surface area contributed by atoms with E-state index < -0.39 is 12.1 Å². The lowest BCUT2D eigenvalue weighted by atomic mass is 10.0. The molecule has 0 aromatic rings. The summed E-state index contributed by atoms with van der Waals surface area (Å²) < 4.78 is 5.49. The van der Waals surface area contributed by atoms with Crippen LogP contribution in [-0.2, 0) is 14.3 Å². The van der Waals surface area contributed by atoms with Gasteiger partial charge in [0.25, 0.3) is 0 Å². The van der Waals surface area contributed by atoms with Crippen molar-refractivity contribution in [2.75, 3.05) is 13.2 Å². The Kier molecular flexibility index (Phi) is 65.4. The third-order valence-corrected chi connectivity index (χ3v) is 16.5. The van der Waals surface area contributed by atoms with E-state index in [-0.39, 0.29) is 18.5 Å². The minimum absolute atomic E-state index is 0.0135. The second-order valence-corrected chi connectivity index (χ2v) is 24.2. The molecule has 0 heterocycles. The van der Waals surface area contributed by atoms with Gasteiger partial charge in [0.2, 0.25) is 5.91 Å². The zero-order valence-corrected chi connectivity index (χ0v) is 52.2. The Hall–Kier alpha value is -1.66. The van der Waals surface area contributed by atoms with Crippen LogP contribution in [0.1, 0.15) is 393 Å². The van der Waals surface area contributed by atoms with Gasteiger partial charge in [0.1, 0.15) is 0 Å². The van der Waals surface area contributed by atoms with E-state index in [0.29, 0.717) is 19.4 Å². The van der Waals surface area contributed by atoms with Gasteiger partial charge in [0.05, 0.1) is 25.4 Å². The molecule has 0 spiro atoms. The Morgan fingerprint density at radius 2 is 0.610 bits per heavy atom. The van der Waals surface area contributed by atoms with Gasteiger partial charge < -0.3 is 20.3 Å². The van der Waals surface area contributed by atoms with Crippen LogP contribution in [0.2, 0.25) is 0 Å². The second kappa shape index (κ2) is 66.8. The van der Waals surface area contributed by atoms with Gasteiger partial charge in [-0.05, 0) is 57.8 Å². The lowest BCUT2D eigenvalue weighted by Crippen LogP contribution is -2.45. The van der Waals surface area contributed by atoms with Crippen molar-refractivity contribution in [1.82, 2.24) is 5.32 Å². The van der Waals surface area contributed by atoms with Crippen molar-refractivity contribution >= 4 is 11.9 Å². The van der Waals surface area contributed by atoms with Crippen LogP contribution >= 0.6 is 0 Å². The van der Waals surface area contributed by atoms with E-state index in [1.165, 1.54) is 321 Å². The average molecular weight is 1080 g/mol. The first kappa shape index (κ1) is 75.3. The van der Waals surface area contributed by atoms with Crippen LogP contribution in [0.25, 0.3) is 0 Å². The minimum atomic E-state index is -0.840. The van der Waals surface area contributed by atoms with Gasteiger partial charge >= 0.3 is 5.97 Å². The van der Waals surface area contributed by atoms with Gasteiger partial charge in [-0.3, -0.25) is 9.59 Å². The third kappa shape index (κ3) is 63.4. The molecule has 2 atom stereocenters. The molecule has 0 fully saturated rings. The number of ether oxygens (including phenoxy) is 1. The molecule has 0 aromatic heterocycles. The monoisotopic (exact) mass is 1080 g/mol. The van der Waals surface area contributed by atoms with Crippen molar-refractivity contribution < 1.29 is 24.5 Å². The zero-order chi connectivity index (χ0) is 55.7. The Balaban J connectivity index is 3.32. The maximum absolute atomic E-state index is 12.5. The molecule has 2 unspecified atom stereocenters. The number of aliphatic hydroxyl groups is 2. The molecule has 456 valence electrons. The van der Waals surface area contributed by atoms with E-state index in [1.807, 2.05) is 6.08 Å². The Bertz CT molecular complexity index is 1200. The fraction of sp³-hybridized carbons (Fsp3) is 0.915. The van der Waals surface area contributed by atoms with Crippen LogP contribution in [0.3, 0.4) is 0 Å². The Labute approximate surface area is 481 Å². The maximum Gasteiger partial charge on any atom is 0.305 e. The summed E-state index contributed by atoms with van der Waals surface area (Å²) in [5.74, 6) is -0.0484. The first-order valence-corrected chi connectivity index (χ1v) is 35.1. The number of esters is 1. The van der Waals surface area contributed by atoms with Gasteiger partial charge in [0, 0.05) is 12.8 Å². The molecule has 6 nitrogen and oxygen atoms in total. The molecule has 0 rings (SSSR count). The number of amides is 1. The van der Waals surface area contributed by atoms with E-state index in [1.54, 1.807) is 6.08 Å². The summed E-state index contributed by atoms with van der Waals surface area (Å²) in [6.45, 7) is 4.92. The molecule has 0 radical (unpaired) electrons. The molecule has 77 heavy (non-hydrogen) atoms. The van der Waals surface area contributed by atoms with Crippen LogP contribution in [0.15, 0.2) is 24.3 Å². The molecule has 6 heteroatoms. The third-order valence-electron chi connectivity index (χ3n) is 16.5. The largest absolute Gasteiger partial charge is 0.466 e. The number of rotatable bonds is 66. The molecule has 0 bridgehead atoms. The summed E-state index contributed by atoms with van der Waals surface area (Å²) in [6, 6.07) is -0.623. The molecule has 0 aliphatic carbocycles. The standard InChI is InChI=1S/C71H137NO5/c1-3-5-7-9-11-13-15-17-36-41-45-49-53-57-61-65-71(76)77-66-62-58-54-50-46-42-38-35-33-31-29-27-25-23-21-19-18-20-22-24-26-28-30-32-34-37-40-44-48-52-56-60-64-70(75)72-68(67-73)69(74)63-59-55-51-47-43-39-16-14-12-10-8-6-4-2/h17,36,59,63,68-69,73-74H,3-16,18-35,37-58,60-62,64-67H2,1-2H3,(H,72,75)/b36-17-,63-59+. The highest BCUT2D eigenvalue weighted by atomic mass is 16.5.